The molecule has 0 aromatic heterocycles. The summed E-state index contributed by atoms with van der Waals surface area (Å²) in [5, 5.41) is 53.9. The van der Waals surface area contributed by atoms with E-state index in [0.29, 0.717) is 5.56 Å². The van der Waals surface area contributed by atoms with Crippen LogP contribution in [0.25, 0.3) is 5.76 Å². The number of primary amides is 1. The zero-order chi connectivity index (χ0) is 22.3. The summed E-state index contributed by atoms with van der Waals surface area (Å²) >= 11 is 0. The molecule has 9 N–H and O–H groups in total. The Morgan fingerprint density at radius 3 is 2.43 bits per heavy atom. The second kappa shape index (κ2) is 6.07. The highest BCUT2D eigenvalue weighted by atomic mass is 16.4. The second-order valence-electron chi connectivity index (χ2n) is 7.95. The van der Waals surface area contributed by atoms with Gasteiger partial charge >= 0.3 is 0 Å². The molecule has 3 aliphatic rings. The lowest BCUT2D eigenvalue weighted by molar-refractivity contribution is -0.160. The van der Waals surface area contributed by atoms with Crippen molar-refractivity contribution in [3.63, 3.8) is 0 Å². The summed E-state index contributed by atoms with van der Waals surface area (Å²) in [6.07, 6.45) is -2.16. The molecule has 10 nitrogen and oxygen atoms in total. The van der Waals surface area contributed by atoms with Crippen LogP contribution in [0.1, 0.15) is 30.4 Å². The zero-order valence-electron chi connectivity index (χ0n) is 15.8. The van der Waals surface area contributed by atoms with Gasteiger partial charge in [0.05, 0.1) is 17.4 Å². The van der Waals surface area contributed by atoms with Crippen LogP contribution in [-0.4, -0.2) is 54.7 Å². The SMILES string of the molecule is CC1c2ccc(N)c(O)c2C(O)=C2C(=O)C3(O)C(O)=C(C(N)=O)C(=O)CC3C(O)C21. The van der Waals surface area contributed by atoms with Crippen LogP contribution in [0, 0.1) is 11.8 Å². The average molecular weight is 416 g/mol. The van der Waals surface area contributed by atoms with Crippen molar-refractivity contribution in [3.05, 3.63) is 40.2 Å². The number of phenolic OH excluding ortho intramolecular Hbond substituents is 1. The first-order valence-electron chi connectivity index (χ1n) is 9.21. The molecule has 1 saturated carbocycles. The van der Waals surface area contributed by atoms with Gasteiger partial charge in [-0.25, -0.2) is 0 Å². The molecule has 1 fully saturated rings. The predicted molar refractivity (Wildman–Crippen MR) is 102 cm³/mol. The number of carbonyl (C=O) groups is 3. The Labute approximate surface area is 169 Å². The summed E-state index contributed by atoms with van der Waals surface area (Å²) < 4.78 is 0. The maximum atomic E-state index is 13.4. The van der Waals surface area contributed by atoms with Gasteiger partial charge < -0.3 is 37.0 Å². The van der Waals surface area contributed by atoms with Crippen LogP contribution in [-0.2, 0) is 14.4 Å². The van der Waals surface area contributed by atoms with Crippen molar-refractivity contribution >= 4 is 28.9 Å². The molecular weight excluding hydrogens is 396 g/mol. The minimum atomic E-state index is -2.84. The average Bonchev–Trinajstić information content (AvgIpc) is 2.67. The van der Waals surface area contributed by atoms with Gasteiger partial charge in [-0.1, -0.05) is 13.0 Å². The summed E-state index contributed by atoms with van der Waals surface area (Å²) in [5.41, 5.74) is 6.83. The number of carbonyl (C=O) groups excluding carboxylic acids is 3. The molecule has 10 heteroatoms. The highest BCUT2D eigenvalue weighted by Gasteiger charge is 2.64. The fourth-order valence-corrected chi connectivity index (χ4v) is 5.01. The van der Waals surface area contributed by atoms with Gasteiger partial charge in [0.15, 0.2) is 11.4 Å². The van der Waals surface area contributed by atoms with Crippen molar-refractivity contribution in [2.24, 2.45) is 17.6 Å². The smallest absolute Gasteiger partial charge is 0.255 e. The lowest BCUT2D eigenvalue weighted by atomic mass is 9.55. The number of amides is 1. The summed E-state index contributed by atoms with van der Waals surface area (Å²) in [5.74, 6) is -9.01. The van der Waals surface area contributed by atoms with Crippen LogP contribution in [0.15, 0.2) is 29.0 Å². The fourth-order valence-electron chi connectivity index (χ4n) is 5.01. The monoisotopic (exact) mass is 416 g/mol. The van der Waals surface area contributed by atoms with E-state index >= 15 is 0 Å². The Morgan fingerprint density at radius 1 is 1.20 bits per heavy atom. The highest BCUT2D eigenvalue weighted by Crippen LogP contribution is 2.55. The molecule has 0 heterocycles. The first kappa shape index (κ1) is 19.9. The van der Waals surface area contributed by atoms with Crippen LogP contribution in [0.3, 0.4) is 0 Å². The van der Waals surface area contributed by atoms with Gasteiger partial charge in [0.25, 0.3) is 5.91 Å². The van der Waals surface area contributed by atoms with Crippen LogP contribution in [0.4, 0.5) is 5.69 Å². The Kier molecular flexibility index (Phi) is 4.03. The molecule has 1 aromatic carbocycles. The molecule has 0 bridgehead atoms. The molecule has 1 amide bonds. The largest absolute Gasteiger partial charge is 0.508 e. The number of aliphatic hydroxyl groups is 4. The van der Waals surface area contributed by atoms with Gasteiger partial charge in [-0.3, -0.25) is 14.4 Å². The van der Waals surface area contributed by atoms with Gasteiger partial charge in [-0.05, 0) is 17.5 Å². The van der Waals surface area contributed by atoms with E-state index in [1.54, 1.807) is 6.92 Å². The van der Waals surface area contributed by atoms with Crippen molar-refractivity contribution < 1.29 is 39.9 Å². The van der Waals surface area contributed by atoms with E-state index in [2.05, 4.69) is 0 Å². The van der Waals surface area contributed by atoms with Crippen molar-refractivity contribution in [1.29, 1.82) is 0 Å². The van der Waals surface area contributed by atoms with Crippen LogP contribution in [0.2, 0.25) is 0 Å². The number of anilines is 1. The summed E-state index contributed by atoms with van der Waals surface area (Å²) in [6, 6.07) is 2.95. The number of Topliss-reactive ketones (excluding diaryl/α,β-unsaturated/α-hetero) is 2. The molecule has 5 atom stereocenters. The maximum Gasteiger partial charge on any atom is 0.255 e. The third-order valence-corrected chi connectivity index (χ3v) is 6.53. The van der Waals surface area contributed by atoms with Crippen LogP contribution < -0.4 is 11.5 Å². The van der Waals surface area contributed by atoms with E-state index < -0.39 is 81.8 Å². The number of benzene rings is 1. The standard InChI is InChI=1S/C20H20N2O8/c1-5-6-2-3-8(21)15(25)11(6)16(26)13-10(5)14(24)7-4-9(23)12(19(22)29)17(27)20(7,30)18(13)28/h2-3,5,7,10,14,24-27,30H,4,21H2,1H3,(H2,22,29). The van der Waals surface area contributed by atoms with Crippen molar-refractivity contribution in [1.82, 2.24) is 0 Å². The van der Waals surface area contributed by atoms with Crippen molar-refractivity contribution in [2.75, 3.05) is 5.73 Å². The number of hydrogen-bond acceptors (Lipinski definition) is 9. The van der Waals surface area contributed by atoms with E-state index in [0.717, 1.165) is 0 Å². The molecule has 158 valence electrons. The Morgan fingerprint density at radius 2 is 1.83 bits per heavy atom. The number of ketones is 2. The van der Waals surface area contributed by atoms with Crippen LogP contribution >= 0.6 is 0 Å². The quantitative estimate of drug-likeness (QED) is 0.179. The Balaban J connectivity index is 2.03. The first-order chi connectivity index (χ1) is 13.9. The fraction of sp³-hybridized carbons (Fsp3) is 0.350. The summed E-state index contributed by atoms with van der Waals surface area (Å²) in [4.78, 5) is 37.3. The summed E-state index contributed by atoms with van der Waals surface area (Å²) in [7, 11) is 0. The molecule has 4 rings (SSSR count). The molecule has 0 saturated heterocycles. The minimum absolute atomic E-state index is 0.0611. The molecule has 30 heavy (non-hydrogen) atoms. The normalized spacial score (nSPS) is 33.2. The molecule has 0 aliphatic heterocycles. The van der Waals surface area contributed by atoms with E-state index in [1.165, 1.54) is 12.1 Å². The maximum absolute atomic E-state index is 13.4. The van der Waals surface area contributed by atoms with Gasteiger partial charge in [0, 0.05) is 23.8 Å². The predicted octanol–water partition coefficient (Wildman–Crippen LogP) is -0.462. The number of rotatable bonds is 1. The minimum Gasteiger partial charge on any atom is -0.508 e. The number of aliphatic hydroxyl groups excluding tert-OH is 3. The van der Waals surface area contributed by atoms with Gasteiger partial charge in [0.2, 0.25) is 5.78 Å². The molecule has 3 aliphatic carbocycles. The number of aromatic hydroxyl groups is 1. The number of phenols is 1. The first-order valence-corrected chi connectivity index (χ1v) is 9.21. The number of nitrogens with two attached hydrogens (primary N) is 2. The van der Waals surface area contributed by atoms with E-state index in [9.17, 15) is 39.9 Å². The Bertz CT molecular complexity index is 1100. The Hall–Kier alpha value is -3.37. The van der Waals surface area contributed by atoms with E-state index in [-0.39, 0.29) is 11.3 Å². The lowest BCUT2D eigenvalue weighted by Crippen LogP contribution is -2.63. The molecule has 1 aromatic rings. The second-order valence-corrected chi connectivity index (χ2v) is 7.95. The third-order valence-electron chi connectivity index (χ3n) is 6.53. The molecule has 0 spiro atoms. The zero-order valence-corrected chi connectivity index (χ0v) is 15.8. The van der Waals surface area contributed by atoms with Crippen molar-refractivity contribution in [3.8, 4) is 5.75 Å². The topological polar surface area (TPSA) is 204 Å². The number of hydrogen-bond donors (Lipinski definition) is 7. The third kappa shape index (κ3) is 2.17. The highest BCUT2D eigenvalue weighted by molar-refractivity contribution is 6.23. The van der Waals surface area contributed by atoms with Crippen LogP contribution in [0.5, 0.6) is 5.75 Å². The molecule has 5 unspecified atom stereocenters. The van der Waals surface area contributed by atoms with Gasteiger partial charge in [0.1, 0.15) is 22.8 Å². The van der Waals surface area contributed by atoms with Gasteiger partial charge in [-0.15, -0.1) is 0 Å². The summed E-state index contributed by atoms with van der Waals surface area (Å²) in [6.45, 7) is 1.64. The van der Waals surface area contributed by atoms with Gasteiger partial charge in [-0.2, -0.15) is 0 Å². The van der Waals surface area contributed by atoms with E-state index in [1.807, 2.05) is 0 Å². The lowest BCUT2D eigenvalue weighted by Gasteiger charge is -2.50. The number of nitrogen functional groups attached to an aromatic ring is 1. The molecule has 0 radical (unpaired) electrons. The number of fused-ring (bicyclic) bond motifs is 3. The molecular formula is C20H20N2O8. The van der Waals surface area contributed by atoms with E-state index in [4.69, 9.17) is 11.5 Å². The van der Waals surface area contributed by atoms with Crippen molar-refractivity contribution in [2.45, 2.75) is 31.0 Å².